The predicted octanol–water partition coefficient (Wildman–Crippen LogP) is 2.50. The summed E-state index contributed by atoms with van der Waals surface area (Å²) in [5, 5.41) is 1.01. The summed E-state index contributed by atoms with van der Waals surface area (Å²) in [6, 6.07) is 9.38. The van der Waals surface area contributed by atoms with Crippen LogP contribution >= 0.6 is 11.8 Å². The van der Waals surface area contributed by atoms with Crippen molar-refractivity contribution in [3.05, 3.63) is 40.7 Å². The van der Waals surface area contributed by atoms with Gasteiger partial charge in [-0.05, 0) is 19.9 Å². The second kappa shape index (κ2) is 6.80. The fourth-order valence-corrected chi connectivity index (χ4v) is 3.28. The van der Waals surface area contributed by atoms with E-state index in [0.717, 1.165) is 15.8 Å². The molecule has 0 spiro atoms. The molecule has 0 aliphatic carbocycles. The first-order valence-corrected chi connectivity index (χ1v) is 8.06. The second-order valence-electron chi connectivity index (χ2n) is 4.78. The second-order valence-corrected chi connectivity index (χ2v) is 5.79. The van der Waals surface area contributed by atoms with E-state index >= 15 is 0 Å². The quantitative estimate of drug-likeness (QED) is 0.797. The highest BCUT2D eigenvalue weighted by Gasteiger charge is 2.12. The summed E-state index contributed by atoms with van der Waals surface area (Å²) < 4.78 is 1.63. The molecule has 1 aromatic heterocycles. The van der Waals surface area contributed by atoms with Gasteiger partial charge in [-0.15, -0.1) is 11.8 Å². The maximum Gasteiger partial charge on any atom is 0.251 e. The third-order valence-electron chi connectivity index (χ3n) is 3.58. The molecule has 21 heavy (non-hydrogen) atoms. The van der Waals surface area contributed by atoms with E-state index in [0.29, 0.717) is 18.8 Å². The number of fused-ring (bicyclic) bond motifs is 1. The van der Waals surface area contributed by atoms with Crippen molar-refractivity contribution in [2.75, 3.05) is 18.8 Å². The van der Waals surface area contributed by atoms with Crippen LogP contribution < -0.4 is 5.56 Å². The van der Waals surface area contributed by atoms with Gasteiger partial charge in [0.05, 0.1) is 11.3 Å². The van der Waals surface area contributed by atoms with Crippen molar-refractivity contribution in [3.8, 4) is 0 Å². The first-order valence-electron chi connectivity index (χ1n) is 7.07. The van der Waals surface area contributed by atoms with E-state index in [2.05, 4.69) is 0 Å². The van der Waals surface area contributed by atoms with Gasteiger partial charge in [0.2, 0.25) is 5.91 Å². The third kappa shape index (κ3) is 3.29. The lowest BCUT2D eigenvalue weighted by Crippen LogP contribution is -2.31. The molecule has 112 valence electrons. The fraction of sp³-hybridized carbons (Fsp3) is 0.375. The van der Waals surface area contributed by atoms with E-state index < -0.39 is 0 Å². The largest absolute Gasteiger partial charge is 0.343 e. The molecule has 0 aliphatic rings. The van der Waals surface area contributed by atoms with Gasteiger partial charge in [-0.3, -0.25) is 9.59 Å². The molecule has 5 heteroatoms. The van der Waals surface area contributed by atoms with Crippen LogP contribution in [0.25, 0.3) is 10.9 Å². The highest BCUT2D eigenvalue weighted by Crippen LogP contribution is 2.26. The van der Waals surface area contributed by atoms with Gasteiger partial charge in [0.25, 0.3) is 5.56 Å². The molecule has 0 N–H and O–H groups in total. The van der Waals surface area contributed by atoms with E-state index in [9.17, 15) is 9.59 Å². The summed E-state index contributed by atoms with van der Waals surface area (Å²) in [7, 11) is 1.76. The Morgan fingerprint density at radius 1 is 1.24 bits per heavy atom. The van der Waals surface area contributed by atoms with Crippen LogP contribution in [-0.2, 0) is 11.8 Å². The van der Waals surface area contributed by atoms with Crippen molar-refractivity contribution in [2.24, 2.45) is 7.05 Å². The zero-order valence-electron chi connectivity index (χ0n) is 12.6. The Labute approximate surface area is 128 Å². The van der Waals surface area contributed by atoms with E-state index in [1.807, 2.05) is 38.1 Å². The van der Waals surface area contributed by atoms with Crippen LogP contribution in [0.3, 0.4) is 0 Å². The Morgan fingerprint density at radius 3 is 2.57 bits per heavy atom. The number of benzene rings is 1. The van der Waals surface area contributed by atoms with Crippen molar-refractivity contribution in [3.63, 3.8) is 0 Å². The number of para-hydroxylation sites is 1. The number of hydrogen-bond donors (Lipinski definition) is 0. The molecule has 0 unspecified atom stereocenters. The molecule has 0 bridgehead atoms. The first kappa shape index (κ1) is 15.6. The number of carbonyl (C=O) groups excluding carboxylic acids is 1. The fourth-order valence-electron chi connectivity index (χ4n) is 2.31. The molecule has 1 amide bonds. The van der Waals surface area contributed by atoms with Crippen LogP contribution in [0.15, 0.2) is 40.0 Å². The average molecular weight is 304 g/mol. The lowest BCUT2D eigenvalue weighted by atomic mass is 10.2. The number of carbonyl (C=O) groups is 1. The molecule has 0 saturated heterocycles. The van der Waals surface area contributed by atoms with Gasteiger partial charge >= 0.3 is 0 Å². The monoisotopic (exact) mass is 304 g/mol. The Hall–Kier alpha value is -1.75. The summed E-state index contributed by atoms with van der Waals surface area (Å²) in [4.78, 5) is 26.8. The smallest absolute Gasteiger partial charge is 0.251 e. The predicted molar refractivity (Wildman–Crippen MR) is 87.8 cm³/mol. The summed E-state index contributed by atoms with van der Waals surface area (Å²) in [6.45, 7) is 5.37. The molecule has 0 atom stereocenters. The van der Waals surface area contributed by atoms with Gasteiger partial charge in [-0.1, -0.05) is 18.2 Å². The average Bonchev–Trinajstić information content (AvgIpc) is 2.50. The number of pyridine rings is 1. The molecule has 1 heterocycles. The molecule has 0 saturated carbocycles. The summed E-state index contributed by atoms with van der Waals surface area (Å²) in [5.41, 5.74) is 0.842. The highest BCUT2D eigenvalue weighted by molar-refractivity contribution is 8.00. The standard InChI is InChI=1S/C16H20N2O2S/c1-4-18(5-2)16(20)11-21-14-10-15(19)17(3)13-9-7-6-8-12(13)14/h6-10H,4-5,11H2,1-3H3. The van der Waals surface area contributed by atoms with Gasteiger partial charge < -0.3 is 9.47 Å². The Morgan fingerprint density at radius 2 is 1.90 bits per heavy atom. The van der Waals surface area contributed by atoms with E-state index in [1.165, 1.54) is 11.8 Å². The van der Waals surface area contributed by atoms with Crippen LogP contribution in [0.2, 0.25) is 0 Å². The lowest BCUT2D eigenvalue weighted by Gasteiger charge is -2.18. The Bertz CT molecular complexity index is 705. The lowest BCUT2D eigenvalue weighted by molar-refractivity contribution is -0.127. The molecular weight excluding hydrogens is 284 g/mol. The van der Waals surface area contributed by atoms with Gasteiger partial charge in [0.15, 0.2) is 0 Å². The van der Waals surface area contributed by atoms with Crippen LogP contribution in [0, 0.1) is 0 Å². The maximum atomic E-state index is 12.1. The van der Waals surface area contributed by atoms with Crippen molar-refractivity contribution in [2.45, 2.75) is 18.7 Å². The first-order chi connectivity index (χ1) is 10.1. The summed E-state index contributed by atoms with van der Waals surface area (Å²) in [6.07, 6.45) is 0. The minimum Gasteiger partial charge on any atom is -0.343 e. The van der Waals surface area contributed by atoms with Crippen LogP contribution in [0.1, 0.15) is 13.8 Å². The number of hydrogen-bond acceptors (Lipinski definition) is 3. The zero-order valence-corrected chi connectivity index (χ0v) is 13.4. The topological polar surface area (TPSA) is 42.3 Å². The van der Waals surface area contributed by atoms with Crippen molar-refractivity contribution in [1.82, 2.24) is 9.47 Å². The molecule has 0 radical (unpaired) electrons. The SMILES string of the molecule is CCN(CC)C(=O)CSc1cc(=O)n(C)c2ccccc12. The molecule has 0 fully saturated rings. The van der Waals surface area contributed by atoms with Crippen molar-refractivity contribution in [1.29, 1.82) is 0 Å². The third-order valence-corrected chi connectivity index (χ3v) is 4.62. The van der Waals surface area contributed by atoms with Gasteiger partial charge in [-0.2, -0.15) is 0 Å². The molecule has 1 aromatic carbocycles. The van der Waals surface area contributed by atoms with Crippen LogP contribution in [0.4, 0.5) is 0 Å². The Kier molecular flexibility index (Phi) is 5.07. The minimum atomic E-state index is -0.0495. The number of aryl methyl sites for hydroxylation is 1. The van der Waals surface area contributed by atoms with Gasteiger partial charge in [0, 0.05) is 36.5 Å². The van der Waals surface area contributed by atoms with Crippen molar-refractivity contribution < 1.29 is 4.79 Å². The van der Waals surface area contributed by atoms with E-state index in [1.54, 1.807) is 22.6 Å². The normalized spacial score (nSPS) is 10.8. The van der Waals surface area contributed by atoms with E-state index in [-0.39, 0.29) is 11.5 Å². The molecule has 2 rings (SSSR count). The highest BCUT2D eigenvalue weighted by atomic mass is 32.2. The molecular formula is C16H20N2O2S. The number of rotatable bonds is 5. The molecule has 4 nitrogen and oxygen atoms in total. The number of aromatic nitrogens is 1. The van der Waals surface area contributed by atoms with Crippen molar-refractivity contribution >= 4 is 28.6 Å². The van der Waals surface area contributed by atoms with E-state index in [4.69, 9.17) is 0 Å². The van der Waals surface area contributed by atoms with Gasteiger partial charge in [-0.25, -0.2) is 0 Å². The summed E-state index contributed by atoms with van der Waals surface area (Å²) in [5.74, 6) is 0.466. The number of nitrogens with zero attached hydrogens (tertiary/aromatic N) is 2. The van der Waals surface area contributed by atoms with Crippen LogP contribution in [0.5, 0.6) is 0 Å². The maximum absolute atomic E-state index is 12.1. The minimum absolute atomic E-state index is 0.0495. The molecule has 2 aromatic rings. The number of amides is 1. The van der Waals surface area contributed by atoms with Gasteiger partial charge in [0.1, 0.15) is 0 Å². The molecule has 0 aliphatic heterocycles. The Balaban J connectivity index is 2.29. The van der Waals surface area contributed by atoms with Crippen LogP contribution in [-0.4, -0.2) is 34.2 Å². The summed E-state index contributed by atoms with van der Waals surface area (Å²) >= 11 is 1.44. The zero-order chi connectivity index (χ0) is 15.4. The number of thioether (sulfide) groups is 1.